The van der Waals surface area contributed by atoms with E-state index >= 15 is 0 Å². The maximum atomic E-state index is 12.5. The minimum atomic E-state index is -1.77. The van der Waals surface area contributed by atoms with Gasteiger partial charge in [-0.1, -0.05) is 19.1 Å². The van der Waals surface area contributed by atoms with Gasteiger partial charge >= 0.3 is 7.12 Å². The molecule has 1 atom stereocenters. The fourth-order valence-electron chi connectivity index (χ4n) is 2.81. The molecule has 0 aliphatic rings. The Morgan fingerprint density at radius 1 is 1.28 bits per heavy atom. The second-order valence-corrected chi connectivity index (χ2v) is 7.01. The fourth-order valence-corrected chi connectivity index (χ4v) is 3.33. The number of primary amides is 1. The van der Waals surface area contributed by atoms with Crippen LogP contribution in [-0.2, 0) is 11.2 Å². The number of rotatable bonds is 7. The molecule has 5 N–H and O–H groups in total. The van der Waals surface area contributed by atoms with Crippen LogP contribution in [0.2, 0.25) is 5.82 Å². The zero-order valence-corrected chi connectivity index (χ0v) is 15.8. The highest BCUT2D eigenvalue weighted by Gasteiger charge is 2.30. The molecule has 0 fully saturated rings. The summed E-state index contributed by atoms with van der Waals surface area (Å²) in [5.41, 5.74) is 5.76. The summed E-state index contributed by atoms with van der Waals surface area (Å²) in [5, 5.41) is 28.2. The predicted octanol–water partition coefficient (Wildman–Crippen LogP) is 1.93. The molecular weight excluding hydrogens is 434 g/mol. The molecule has 0 spiro atoms. The fraction of sp³-hybridized carbons (Fsp3) is 0.235. The number of fused-ring (bicyclic) bond motifs is 1. The van der Waals surface area contributed by atoms with Gasteiger partial charge in [0.1, 0.15) is 0 Å². The van der Waals surface area contributed by atoms with E-state index in [1.807, 2.05) is 18.2 Å². The van der Waals surface area contributed by atoms with Crippen LogP contribution in [0.15, 0.2) is 30.3 Å². The molecule has 0 radical (unpaired) electrons. The monoisotopic (exact) mass is 452 g/mol. The van der Waals surface area contributed by atoms with Crippen molar-refractivity contribution in [1.82, 2.24) is 0 Å². The highest BCUT2D eigenvalue weighted by Crippen LogP contribution is 2.26. The molecule has 2 rings (SSSR count). The largest absolute Gasteiger partial charge is 0.461 e. The molecule has 0 aliphatic heterocycles. The average Bonchev–Trinajstić information content (AvgIpc) is 2.54. The van der Waals surface area contributed by atoms with Crippen molar-refractivity contribution in [2.24, 2.45) is 5.73 Å². The lowest BCUT2D eigenvalue weighted by molar-refractivity contribution is -0.112. The third-order valence-electron chi connectivity index (χ3n) is 4.17. The first-order chi connectivity index (χ1) is 11.8. The van der Waals surface area contributed by atoms with Gasteiger partial charge in [0.25, 0.3) is 0 Å². The third kappa shape index (κ3) is 4.25. The van der Waals surface area contributed by atoms with Gasteiger partial charge in [0.05, 0.1) is 5.71 Å². The zero-order chi connectivity index (χ0) is 18.7. The summed E-state index contributed by atoms with van der Waals surface area (Å²) in [6, 6.07) is 8.94. The summed E-state index contributed by atoms with van der Waals surface area (Å²) < 4.78 is 1.01. The number of ketones is 1. The Morgan fingerprint density at radius 2 is 1.96 bits per heavy atom. The first kappa shape index (κ1) is 19.5. The quantitative estimate of drug-likeness (QED) is 0.291. The van der Waals surface area contributed by atoms with E-state index in [1.54, 1.807) is 19.1 Å². The Kier molecular flexibility index (Phi) is 6.31. The molecule has 0 saturated heterocycles. The van der Waals surface area contributed by atoms with Gasteiger partial charge in [-0.25, -0.2) is 0 Å². The van der Waals surface area contributed by atoms with E-state index in [4.69, 9.17) is 11.1 Å². The van der Waals surface area contributed by atoms with Crippen LogP contribution in [0, 0.1) is 8.98 Å². The lowest BCUT2D eigenvalue weighted by Gasteiger charge is -2.16. The van der Waals surface area contributed by atoms with E-state index in [9.17, 15) is 19.6 Å². The number of carbonyl (C=O) groups is 2. The van der Waals surface area contributed by atoms with Crippen LogP contribution in [0.1, 0.15) is 29.3 Å². The Bertz CT molecular complexity index is 854. The summed E-state index contributed by atoms with van der Waals surface area (Å²) in [5.74, 6) is -2.17. The maximum Gasteiger partial charge on any atom is 0.461 e. The molecule has 6 nitrogen and oxygen atoms in total. The van der Waals surface area contributed by atoms with Crippen molar-refractivity contribution >= 4 is 57.9 Å². The van der Waals surface area contributed by atoms with E-state index in [-0.39, 0.29) is 24.1 Å². The van der Waals surface area contributed by atoms with Gasteiger partial charge < -0.3 is 21.2 Å². The standard InChI is InChI=1S/C17H18BIN2O4/c1-2-14(18(24)25)16(20)15(22)8-13-11-6-4-10(19)7-9(11)3-5-12(13)17(21)23/h3-7,14,20,24-25H,2,8H2,1H3,(H2,21,23). The van der Waals surface area contributed by atoms with E-state index in [1.165, 1.54) is 0 Å². The van der Waals surface area contributed by atoms with Crippen molar-refractivity contribution in [2.75, 3.05) is 0 Å². The lowest BCUT2D eigenvalue weighted by Crippen LogP contribution is -2.32. The van der Waals surface area contributed by atoms with E-state index < -0.39 is 24.6 Å². The third-order valence-corrected chi connectivity index (χ3v) is 4.84. The Hall–Kier alpha value is -1.78. The van der Waals surface area contributed by atoms with Gasteiger partial charge in [0.15, 0.2) is 5.78 Å². The Morgan fingerprint density at radius 3 is 2.52 bits per heavy atom. The number of benzene rings is 2. The first-order valence-electron chi connectivity index (χ1n) is 7.75. The molecule has 8 heteroatoms. The number of halogens is 1. The van der Waals surface area contributed by atoms with Gasteiger partial charge in [-0.05, 0) is 63.5 Å². The topological polar surface area (TPSA) is 124 Å². The molecular formula is C17H18BIN2O4. The van der Waals surface area contributed by atoms with Crippen molar-refractivity contribution in [2.45, 2.75) is 25.6 Å². The predicted molar refractivity (Wildman–Crippen MR) is 106 cm³/mol. The number of nitrogens with two attached hydrogens (primary N) is 1. The molecule has 0 saturated carbocycles. The van der Waals surface area contributed by atoms with Crippen LogP contribution in [-0.4, -0.2) is 34.6 Å². The Balaban J connectivity index is 2.48. The molecule has 2 aromatic rings. The highest BCUT2D eigenvalue weighted by atomic mass is 127. The zero-order valence-electron chi connectivity index (χ0n) is 13.6. The number of hydrogen-bond acceptors (Lipinski definition) is 5. The van der Waals surface area contributed by atoms with Gasteiger partial charge in [-0.15, -0.1) is 0 Å². The molecule has 0 bridgehead atoms. The van der Waals surface area contributed by atoms with E-state index in [0.717, 1.165) is 14.3 Å². The van der Waals surface area contributed by atoms with E-state index in [0.29, 0.717) is 5.56 Å². The number of amides is 1. The van der Waals surface area contributed by atoms with Gasteiger partial charge in [-0.2, -0.15) is 0 Å². The number of Topliss-reactive ketones (excluding diaryl/α,β-unsaturated/α-hetero) is 1. The van der Waals surface area contributed by atoms with Crippen molar-refractivity contribution in [3.63, 3.8) is 0 Å². The van der Waals surface area contributed by atoms with E-state index in [2.05, 4.69) is 22.6 Å². The molecule has 1 unspecified atom stereocenters. The van der Waals surface area contributed by atoms with Crippen molar-refractivity contribution in [3.05, 3.63) is 45.0 Å². The molecule has 0 heterocycles. The van der Waals surface area contributed by atoms with Crippen LogP contribution in [0.3, 0.4) is 0 Å². The molecule has 2 aromatic carbocycles. The van der Waals surface area contributed by atoms with Crippen LogP contribution >= 0.6 is 22.6 Å². The second kappa shape index (κ2) is 8.07. The summed E-state index contributed by atoms with van der Waals surface area (Å²) >= 11 is 2.17. The normalized spacial score (nSPS) is 12.0. The average molecular weight is 452 g/mol. The minimum Gasteiger partial charge on any atom is -0.427 e. The SMILES string of the molecule is CCC(B(O)O)C(=N)C(=O)Cc1c(C(N)=O)ccc2cc(I)ccc12. The van der Waals surface area contributed by atoms with Crippen molar-refractivity contribution in [1.29, 1.82) is 5.41 Å². The van der Waals surface area contributed by atoms with Crippen LogP contribution in [0.25, 0.3) is 10.8 Å². The Labute approximate surface area is 159 Å². The summed E-state index contributed by atoms with van der Waals surface area (Å²) in [6.45, 7) is 1.67. The first-order valence-corrected chi connectivity index (χ1v) is 8.82. The second-order valence-electron chi connectivity index (χ2n) is 5.76. The summed E-state index contributed by atoms with van der Waals surface area (Å²) in [4.78, 5) is 24.3. The smallest absolute Gasteiger partial charge is 0.427 e. The molecule has 1 amide bonds. The molecule has 25 heavy (non-hydrogen) atoms. The summed E-state index contributed by atoms with van der Waals surface area (Å²) in [6.07, 6.45) is 0.0525. The molecule has 130 valence electrons. The maximum absolute atomic E-state index is 12.5. The summed E-state index contributed by atoms with van der Waals surface area (Å²) in [7, 11) is -1.77. The van der Waals surface area contributed by atoms with Gasteiger partial charge in [-0.3, -0.25) is 9.59 Å². The van der Waals surface area contributed by atoms with Crippen molar-refractivity contribution in [3.8, 4) is 0 Å². The number of nitrogens with one attached hydrogen (secondary N) is 1. The molecule has 0 aliphatic carbocycles. The van der Waals surface area contributed by atoms with Crippen molar-refractivity contribution < 1.29 is 19.6 Å². The molecule has 0 aromatic heterocycles. The lowest BCUT2D eigenvalue weighted by atomic mass is 9.67. The van der Waals surface area contributed by atoms with Crippen LogP contribution < -0.4 is 5.73 Å². The van der Waals surface area contributed by atoms with Crippen LogP contribution in [0.5, 0.6) is 0 Å². The number of carbonyl (C=O) groups excluding carboxylic acids is 2. The van der Waals surface area contributed by atoms with Crippen LogP contribution in [0.4, 0.5) is 0 Å². The number of hydrogen-bond donors (Lipinski definition) is 4. The van der Waals surface area contributed by atoms with Gasteiger partial charge in [0.2, 0.25) is 5.91 Å². The highest BCUT2D eigenvalue weighted by molar-refractivity contribution is 14.1. The minimum absolute atomic E-state index is 0.196. The van der Waals surface area contributed by atoms with Gasteiger partial charge in [0, 0.05) is 21.4 Å².